The second-order valence-electron chi connectivity index (χ2n) is 16.2. The first-order valence-electron chi connectivity index (χ1n) is 20.5. The minimum absolute atomic E-state index is 0.0683. The van der Waals surface area contributed by atoms with Gasteiger partial charge in [0.2, 0.25) is 15.9 Å². The Labute approximate surface area is 347 Å². The maximum atomic E-state index is 14.3. The molecule has 3 aliphatic rings. The van der Waals surface area contributed by atoms with E-state index in [4.69, 9.17) is 14.2 Å². The quantitative estimate of drug-likeness (QED) is 0.104. The monoisotopic (exact) mass is 817 g/mol. The highest BCUT2D eigenvalue weighted by molar-refractivity contribution is 7.89. The van der Waals surface area contributed by atoms with Gasteiger partial charge in [0.1, 0.15) is 23.1 Å². The number of amides is 1. The third kappa shape index (κ3) is 9.02. The van der Waals surface area contributed by atoms with Crippen molar-refractivity contribution in [1.82, 2.24) is 9.21 Å². The van der Waals surface area contributed by atoms with Crippen molar-refractivity contribution >= 4 is 21.6 Å². The van der Waals surface area contributed by atoms with Crippen LogP contribution in [0.2, 0.25) is 0 Å². The van der Waals surface area contributed by atoms with Crippen molar-refractivity contribution in [3.8, 4) is 28.4 Å². The molecule has 59 heavy (non-hydrogen) atoms. The number of rotatable bonds is 15. The van der Waals surface area contributed by atoms with Crippen LogP contribution in [0.3, 0.4) is 0 Å². The topological polar surface area (TPSA) is 88.6 Å². The smallest absolute Gasteiger partial charge is 0.243 e. The summed E-state index contributed by atoms with van der Waals surface area (Å²) >= 11 is 0. The van der Waals surface area contributed by atoms with Gasteiger partial charge in [-0.1, -0.05) is 36.4 Å². The lowest BCUT2D eigenvalue weighted by atomic mass is 9.77. The van der Waals surface area contributed by atoms with Crippen LogP contribution in [0.25, 0.3) is 11.1 Å². The van der Waals surface area contributed by atoms with Crippen molar-refractivity contribution < 1.29 is 31.8 Å². The molecule has 0 N–H and O–H groups in total. The van der Waals surface area contributed by atoms with Gasteiger partial charge >= 0.3 is 0 Å². The van der Waals surface area contributed by atoms with E-state index in [-0.39, 0.29) is 35.1 Å². The molecular formula is C48H52FN3O6S. The summed E-state index contributed by atoms with van der Waals surface area (Å²) in [5.74, 6) is 2.60. The molecule has 1 aliphatic carbocycles. The van der Waals surface area contributed by atoms with Crippen molar-refractivity contribution in [2.75, 3.05) is 45.4 Å². The van der Waals surface area contributed by atoms with Crippen LogP contribution in [0.1, 0.15) is 67.2 Å². The zero-order valence-electron chi connectivity index (χ0n) is 34.0. The van der Waals surface area contributed by atoms with E-state index in [2.05, 4.69) is 17.0 Å². The van der Waals surface area contributed by atoms with Crippen LogP contribution >= 0.6 is 0 Å². The van der Waals surface area contributed by atoms with Crippen molar-refractivity contribution in [3.63, 3.8) is 0 Å². The van der Waals surface area contributed by atoms with Gasteiger partial charge in [0.15, 0.2) is 0 Å². The fourth-order valence-electron chi connectivity index (χ4n) is 8.60. The molecule has 0 radical (unpaired) electrons. The summed E-state index contributed by atoms with van der Waals surface area (Å²) in [5, 5.41) is 0. The molecule has 5 aromatic carbocycles. The number of anilines is 1. The van der Waals surface area contributed by atoms with Gasteiger partial charge in [-0.3, -0.25) is 9.69 Å². The van der Waals surface area contributed by atoms with E-state index in [0.29, 0.717) is 42.7 Å². The SMILES string of the molecule is CCOc1cc(-c2ccc(F)cc2)c(C2CC2)cc1CN1CCC2(CC1)CC(=O)N(c1ccc(S(=O)(=O)N(Cc3ccc(OC)cc3)Cc3ccc(OC)cc3)cc1)C2. The molecule has 0 unspecified atom stereocenters. The van der Waals surface area contributed by atoms with Crippen LogP contribution in [0.4, 0.5) is 10.1 Å². The van der Waals surface area contributed by atoms with Gasteiger partial charge < -0.3 is 19.1 Å². The Balaban J connectivity index is 0.947. The average molecular weight is 818 g/mol. The second-order valence-corrected chi connectivity index (χ2v) is 18.1. The van der Waals surface area contributed by atoms with E-state index in [1.807, 2.05) is 72.5 Å². The molecule has 5 aromatic rings. The molecule has 11 heteroatoms. The summed E-state index contributed by atoms with van der Waals surface area (Å²) in [4.78, 5) is 18.1. The third-order valence-corrected chi connectivity index (χ3v) is 14.0. The van der Waals surface area contributed by atoms with Gasteiger partial charge in [-0.2, -0.15) is 4.31 Å². The Morgan fingerprint density at radius 1 is 0.797 bits per heavy atom. The predicted molar refractivity (Wildman–Crippen MR) is 228 cm³/mol. The maximum Gasteiger partial charge on any atom is 0.243 e. The zero-order chi connectivity index (χ0) is 41.1. The number of nitrogens with zero attached hydrogens (tertiary/aromatic N) is 3. The normalized spacial score (nSPS) is 16.8. The second kappa shape index (κ2) is 17.2. The Hall–Kier alpha value is -5.23. The predicted octanol–water partition coefficient (Wildman–Crippen LogP) is 9.20. The third-order valence-electron chi connectivity index (χ3n) is 12.2. The number of ether oxygens (including phenoxy) is 3. The van der Waals surface area contributed by atoms with Gasteiger partial charge in [-0.05, 0) is 158 Å². The molecule has 3 fully saturated rings. The molecule has 2 heterocycles. The van der Waals surface area contributed by atoms with Crippen molar-refractivity contribution in [1.29, 1.82) is 0 Å². The molecule has 1 spiro atoms. The molecule has 0 aromatic heterocycles. The fourth-order valence-corrected chi connectivity index (χ4v) is 10.0. The maximum absolute atomic E-state index is 14.3. The number of hydrogen-bond acceptors (Lipinski definition) is 7. The summed E-state index contributed by atoms with van der Waals surface area (Å²) < 4.78 is 60.6. The van der Waals surface area contributed by atoms with E-state index >= 15 is 0 Å². The molecule has 0 atom stereocenters. The van der Waals surface area contributed by atoms with Crippen LogP contribution in [-0.2, 0) is 34.5 Å². The number of carbonyl (C=O) groups excluding carboxylic acids is 1. The Morgan fingerprint density at radius 2 is 1.39 bits per heavy atom. The van der Waals surface area contributed by atoms with Crippen molar-refractivity contribution in [2.24, 2.45) is 5.41 Å². The molecule has 0 bridgehead atoms. The Bertz CT molecular complexity index is 2310. The van der Waals surface area contributed by atoms with Gasteiger partial charge in [-0.25, -0.2) is 12.8 Å². The van der Waals surface area contributed by atoms with E-state index in [1.165, 1.54) is 27.6 Å². The highest BCUT2D eigenvalue weighted by atomic mass is 32.2. The number of carbonyl (C=O) groups is 1. The first kappa shape index (κ1) is 40.5. The lowest BCUT2D eigenvalue weighted by molar-refractivity contribution is -0.118. The average Bonchev–Trinajstić information content (AvgIpc) is 4.05. The van der Waals surface area contributed by atoms with Crippen LogP contribution < -0.4 is 19.1 Å². The Kier molecular flexibility index (Phi) is 11.8. The summed E-state index contributed by atoms with van der Waals surface area (Å²) in [6, 6.07) is 32.7. The molecule has 1 amide bonds. The van der Waals surface area contributed by atoms with Gasteiger partial charge in [0.05, 0.1) is 25.7 Å². The molecule has 2 saturated heterocycles. The minimum Gasteiger partial charge on any atom is -0.497 e. The molecule has 8 rings (SSSR count). The number of halogens is 1. The van der Waals surface area contributed by atoms with E-state index in [1.54, 1.807) is 38.5 Å². The van der Waals surface area contributed by atoms with Gasteiger partial charge in [-0.15, -0.1) is 0 Å². The van der Waals surface area contributed by atoms with Crippen molar-refractivity contribution in [2.45, 2.75) is 69.5 Å². The lowest BCUT2D eigenvalue weighted by Gasteiger charge is -2.39. The van der Waals surface area contributed by atoms with E-state index in [9.17, 15) is 17.6 Å². The number of likely N-dealkylation sites (tertiary alicyclic amines) is 1. The Morgan fingerprint density at radius 3 is 1.93 bits per heavy atom. The largest absolute Gasteiger partial charge is 0.497 e. The highest BCUT2D eigenvalue weighted by Crippen LogP contribution is 2.48. The summed E-state index contributed by atoms with van der Waals surface area (Å²) in [5.41, 5.74) is 6.83. The number of hydrogen-bond donors (Lipinski definition) is 0. The number of piperidine rings is 1. The van der Waals surface area contributed by atoms with Gasteiger partial charge in [0, 0.05) is 43.9 Å². The number of methoxy groups -OCH3 is 2. The number of sulfonamides is 1. The van der Waals surface area contributed by atoms with Crippen molar-refractivity contribution in [3.05, 3.63) is 137 Å². The number of benzene rings is 5. The minimum atomic E-state index is -3.93. The summed E-state index contributed by atoms with van der Waals surface area (Å²) in [6.45, 7) is 5.98. The summed E-state index contributed by atoms with van der Waals surface area (Å²) in [7, 11) is -0.735. The van der Waals surface area contributed by atoms with Crippen LogP contribution in [0.15, 0.2) is 114 Å². The first-order valence-corrected chi connectivity index (χ1v) is 21.9. The lowest BCUT2D eigenvalue weighted by Crippen LogP contribution is -2.41. The molecule has 2 aliphatic heterocycles. The molecular weight excluding hydrogens is 766 g/mol. The standard InChI is InChI=1S/C48H52FN3O6S/c1-4-58-46-28-45(37-11-13-39(49)14-12-37)44(36-9-10-36)27-38(46)32-50-25-23-48(24-26-50)29-47(53)52(33-48)40-15-21-43(22-16-40)59(54,55)51(30-34-5-17-41(56-2)18-6-34)31-35-7-19-42(57-3)20-8-35/h5-8,11-22,27-28,36H,4,9-10,23-26,29-33H2,1-3H3. The van der Waals surface area contributed by atoms with Crippen LogP contribution in [-0.4, -0.2) is 64.0 Å². The molecule has 308 valence electrons. The van der Waals surface area contributed by atoms with E-state index in [0.717, 1.165) is 73.3 Å². The molecule has 9 nitrogen and oxygen atoms in total. The first-order chi connectivity index (χ1) is 28.6. The summed E-state index contributed by atoms with van der Waals surface area (Å²) in [6.07, 6.45) is 4.57. The molecule has 1 saturated carbocycles. The zero-order valence-corrected chi connectivity index (χ0v) is 34.8. The van der Waals surface area contributed by atoms with Crippen LogP contribution in [0, 0.1) is 11.2 Å². The fraction of sp³-hybridized carbons (Fsp3) is 0.354. The highest BCUT2D eigenvalue weighted by Gasteiger charge is 2.45. The van der Waals surface area contributed by atoms with Gasteiger partial charge in [0.25, 0.3) is 0 Å². The van der Waals surface area contributed by atoms with E-state index < -0.39 is 10.0 Å². The van der Waals surface area contributed by atoms with Crippen LogP contribution in [0.5, 0.6) is 17.2 Å².